The summed E-state index contributed by atoms with van der Waals surface area (Å²) in [5.41, 5.74) is 1.38. The number of nitrogens with one attached hydrogen (secondary N) is 1. The number of amidine groups is 1. The predicted octanol–water partition coefficient (Wildman–Crippen LogP) is 3.44. The minimum absolute atomic E-state index is 0.321. The monoisotopic (exact) mass is 391 g/mol. The van der Waals surface area contributed by atoms with E-state index in [4.69, 9.17) is 9.73 Å². The van der Waals surface area contributed by atoms with Gasteiger partial charge in [0, 0.05) is 22.2 Å². The third kappa shape index (κ3) is 3.35. The maximum absolute atomic E-state index is 12.3. The Kier molecular flexibility index (Phi) is 4.88. The summed E-state index contributed by atoms with van der Waals surface area (Å²) in [6, 6.07) is 7.27. The first-order valence-electron chi connectivity index (χ1n) is 7.06. The van der Waals surface area contributed by atoms with Gasteiger partial charge in [-0.1, -0.05) is 34.1 Å². The molecule has 0 saturated carbocycles. The van der Waals surface area contributed by atoms with Crippen LogP contribution in [0.5, 0.6) is 0 Å². The number of esters is 1. The summed E-state index contributed by atoms with van der Waals surface area (Å²) in [5.74, 6) is 0.275. The van der Waals surface area contributed by atoms with Crippen molar-refractivity contribution in [3.05, 3.63) is 62.7 Å². The van der Waals surface area contributed by atoms with Crippen molar-refractivity contribution >= 4 is 39.1 Å². The lowest BCUT2D eigenvalue weighted by Crippen LogP contribution is -2.29. The SMILES string of the molecule is CCOC(=O)C1=CNC(c2nccs2)=N[C@H]1c1ccccc1Br. The largest absolute Gasteiger partial charge is 0.463 e. The number of carbonyl (C=O) groups excluding carboxylic acids is 1. The molecule has 0 amide bonds. The maximum Gasteiger partial charge on any atom is 0.338 e. The Labute approximate surface area is 146 Å². The second-order valence-electron chi connectivity index (χ2n) is 4.70. The number of hydrogen-bond donors (Lipinski definition) is 1. The fourth-order valence-corrected chi connectivity index (χ4v) is 3.33. The van der Waals surface area contributed by atoms with Gasteiger partial charge in [0.1, 0.15) is 6.04 Å². The molecule has 1 N–H and O–H groups in total. The Hall–Kier alpha value is -1.99. The number of aliphatic imine (C=N–C) groups is 1. The van der Waals surface area contributed by atoms with E-state index in [-0.39, 0.29) is 5.97 Å². The highest BCUT2D eigenvalue weighted by molar-refractivity contribution is 9.10. The third-order valence-electron chi connectivity index (χ3n) is 3.26. The van der Waals surface area contributed by atoms with Gasteiger partial charge in [0.2, 0.25) is 0 Å². The van der Waals surface area contributed by atoms with Crippen LogP contribution in [0.2, 0.25) is 0 Å². The van der Waals surface area contributed by atoms with Crippen molar-refractivity contribution in [1.82, 2.24) is 10.3 Å². The van der Waals surface area contributed by atoms with Crippen LogP contribution in [-0.2, 0) is 9.53 Å². The molecule has 7 heteroatoms. The molecule has 1 aliphatic rings. The van der Waals surface area contributed by atoms with Crippen molar-refractivity contribution in [1.29, 1.82) is 0 Å². The van der Waals surface area contributed by atoms with Gasteiger partial charge < -0.3 is 10.1 Å². The molecule has 1 atom stereocenters. The number of hydrogen-bond acceptors (Lipinski definition) is 6. The molecule has 118 valence electrons. The number of benzene rings is 1. The van der Waals surface area contributed by atoms with E-state index in [9.17, 15) is 4.79 Å². The maximum atomic E-state index is 12.3. The van der Waals surface area contributed by atoms with E-state index in [2.05, 4.69) is 26.2 Å². The van der Waals surface area contributed by atoms with Crippen LogP contribution in [0.4, 0.5) is 0 Å². The second kappa shape index (κ2) is 7.06. The smallest absolute Gasteiger partial charge is 0.338 e. The zero-order valence-corrected chi connectivity index (χ0v) is 14.7. The van der Waals surface area contributed by atoms with Crippen molar-refractivity contribution in [2.24, 2.45) is 4.99 Å². The van der Waals surface area contributed by atoms with Crippen LogP contribution in [0.1, 0.15) is 23.5 Å². The van der Waals surface area contributed by atoms with Crippen LogP contribution in [0.25, 0.3) is 0 Å². The highest BCUT2D eigenvalue weighted by atomic mass is 79.9. The molecule has 1 aliphatic heterocycles. The summed E-state index contributed by atoms with van der Waals surface area (Å²) in [5, 5.41) is 5.72. The predicted molar refractivity (Wildman–Crippen MR) is 93.4 cm³/mol. The van der Waals surface area contributed by atoms with Gasteiger partial charge in [-0.25, -0.2) is 9.78 Å². The van der Waals surface area contributed by atoms with Crippen molar-refractivity contribution in [2.75, 3.05) is 6.61 Å². The van der Waals surface area contributed by atoms with Crippen LogP contribution in [-0.4, -0.2) is 23.4 Å². The van der Waals surface area contributed by atoms with E-state index in [1.165, 1.54) is 11.3 Å². The first kappa shape index (κ1) is 15.9. The molecule has 0 spiro atoms. The highest BCUT2D eigenvalue weighted by Crippen LogP contribution is 2.34. The van der Waals surface area contributed by atoms with E-state index >= 15 is 0 Å². The lowest BCUT2D eigenvalue weighted by atomic mass is 9.99. The molecule has 0 radical (unpaired) electrons. The summed E-state index contributed by atoms with van der Waals surface area (Å²) in [6.45, 7) is 2.11. The number of nitrogens with zero attached hydrogens (tertiary/aromatic N) is 2. The number of halogens is 1. The Morgan fingerprint density at radius 3 is 2.96 bits per heavy atom. The Morgan fingerprint density at radius 1 is 1.43 bits per heavy atom. The van der Waals surface area contributed by atoms with Crippen molar-refractivity contribution in [3.63, 3.8) is 0 Å². The molecular formula is C16H14BrN3O2S. The summed E-state index contributed by atoms with van der Waals surface area (Å²) >= 11 is 5.02. The lowest BCUT2D eigenvalue weighted by molar-refractivity contribution is -0.138. The molecule has 0 unspecified atom stereocenters. The van der Waals surface area contributed by atoms with Crippen molar-refractivity contribution in [2.45, 2.75) is 13.0 Å². The fourth-order valence-electron chi connectivity index (χ4n) is 2.24. The van der Waals surface area contributed by atoms with E-state index in [0.29, 0.717) is 18.0 Å². The van der Waals surface area contributed by atoms with E-state index < -0.39 is 6.04 Å². The van der Waals surface area contributed by atoms with E-state index in [1.54, 1.807) is 19.3 Å². The Morgan fingerprint density at radius 2 is 2.26 bits per heavy atom. The molecule has 5 nitrogen and oxygen atoms in total. The molecule has 23 heavy (non-hydrogen) atoms. The summed E-state index contributed by atoms with van der Waals surface area (Å²) in [4.78, 5) is 21.2. The summed E-state index contributed by atoms with van der Waals surface area (Å²) in [6.07, 6.45) is 3.38. The van der Waals surface area contributed by atoms with Gasteiger partial charge in [0.15, 0.2) is 10.8 Å². The molecule has 0 fully saturated rings. The fraction of sp³-hybridized carbons (Fsp3) is 0.188. The normalized spacial score (nSPS) is 17.0. The Balaban J connectivity index is 2.03. The van der Waals surface area contributed by atoms with Crippen LogP contribution in [0.3, 0.4) is 0 Å². The summed E-state index contributed by atoms with van der Waals surface area (Å²) in [7, 11) is 0. The zero-order valence-electron chi connectivity index (χ0n) is 12.3. The third-order valence-corrected chi connectivity index (χ3v) is 4.77. The number of aromatic nitrogens is 1. The van der Waals surface area contributed by atoms with Gasteiger partial charge in [-0.05, 0) is 18.6 Å². The zero-order chi connectivity index (χ0) is 16.2. The van der Waals surface area contributed by atoms with Gasteiger partial charge in [0.25, 0.3) is 0 Å². The minimum atomic E-state index is -0.440. The molecule has 2 heterocycles. The number of rotatable bonds is 4. The van der Waals surface area contributed by atoms with Gasteiger partial charge in [-0.2, -0.15) is 0 Å². The van der Waals surface area contributed by atoms with Crippen molar-refractivity contribution < 1.29 is 9.53 Å². The molecule has 0 bridgehead atoms. The van der Waals surface area contributed by atoms with E-state index in [0.717, 1.165) is 15.0 Å². The van der Waals surface area contributed by atoms with Crippen LogP contribution < -0.4 is 5.32 Å². The quantitative estimate of drug-likeness (QED) is 0.810. The molecule has 0 aliphatic carbocycles. The van der Waals surface area contributed by atoms with Gasteiger partial charge in [-0.3, -0.25) is 4.99 Å². The molecule has 1 aromatic carbocycles. The van der Waals surface area contributed by atoms with Gasteiger partial charge >= 0.3 is 5.97 Å². The van der Waals surface area contributed by atoms with Crippen LogP contribution >= 0.6 is 27.3 Å². The first-order chi connectivity index (χ1) is 11.2. The van der Waals surface area contributed by atoms with Crippen molar-refractivity contribution in [3.8, 4) is 0 Å². The lowest BCUT2D eigenvalue weighted by Gasteiger charge is -2.22. The standard InChI is InChI=1S/C16H14BrN3O2S/c1-2-22-16(21)11-9-19-14(15-18-7-8-23-15)20-13(11)10-5-3-4-6-12(10)17/h3-9,13H,2H2,1H3,(H,19,20)/t13-/m0/s1. The number of carbonyl (C=O) groups is 1. The molecule has 0 saturated heterocycles. The highest BCUT2D eigenvalue weighted by Gasteiger charge is 2.29. The molecule has 2 aromatic rings. The second-order valence-corrected chi connectivity index (χ2v) is 6.45. The molecule has 3 rings (SSSR count). The minimum Gasteiger partial charge on any atom is -0.463 e. The van der Waals surface area contributed by atoms with Gasteiger partial charge in [0.05, 0.1) is 12.2 Å². The number of ether oxygens (including phenoxy) is 1. The van der Waals surface area contributed by atoms with Crippen LogP contribution in [0.15, 0.2) is 57.1 Å². The van der Waals surface area contributed by atoms with E-state index in [1.807, 2.05) is 29.6 Å². The Bertz CT molecular complexity index is 771. The average Bonchev–Trinajstić information content (AvgIpc) is 3.09. The first-order valence-corrected chi connectivity index (χ1v) is 8.73. The van der Waals surface area contributed by atoms with Crippen LogP contribution in [0, 0.1) is 0 Å². The number of thiazole rings is 1. The summed E-state index contributed by atoms with van der Waals surface area (Å²) < 4.78 is 6.05. The molecule has 1 aromatic heterocycles. The average molecular weight is 392 g/mol. The molecular weight excluding hydrogens is 378 g/mol. The topological polar surface area (TPSA) is 63.6 Å². The van der Waals surface area contributed by atoms with Gasteiger partial charge in [-0.15, -0.1) is 11.3 Å².